The number of nitrogens with zero attached hydrogens (tertiary/aromatic N) is 3. The van der Waals surface area contributed by atoms with E-state index >= 15 is 0 Å². The minimum absolute atomic E-state index is 0.105. The molecule has 0 radical (unpaired) electrons. The molecule has 1 aliphatic heterocycles. The van der Waals surface area contributed by atoms with Gasteiger partial charge in [0.05, 0.1) is 17.3 Å². The molecule has 1 fully saturated rings. The molecule has 4 heterocycles. The third-order valence-electron chi connectivity index (χ3n) is 3.93. The molecule has 0 aromatic carbocycles. The number of ether oxygens (including phenoxy) is 1. The van der Waals surface area contributed by atoms with Crippen molar-refractivity contribution in [2.45, 2.75) is 12.5 Å². The molecule has 0 aliphatic carbocycles. The van der Waals surface area contributed by atoms with Crippen LogP contribution in [0.5, 0.6) is 5.88 Å². The van der Waals surface area contributed by atoms with Crippen molar-refractivity contribution in [1.82, 2.24) is 15.0 Å². The molecule has 0 saturated carbocycles. The second kappa shape index (κ2) is 6.72. The van der Waals surface area contributed by atoms with Crippen molar-refractivity contribution < 1.29 is 18.5 Å². The number of furan rings is 1. The van der Waals surface area contributed by atoms with Gasteiger partial charge in [0.25, 0.3) is 5.91 Å². The van der Waals surface area contributed by atoms with Crippen molar-refractivity contribution in [3.63, 3.8) is 0 Å². The van der Waals surface area contributed by atoms with E-state index in [1.54, 1.807) is 29.3 Å². The summed E-state index contributed by atoms with van der Waals surface area (Å²) in [5, 5.41) is 3.85. The Hall–Kier alpha value is -2.61. The van der Waals surface area contributed by atoms with Crippen molar-refractivity contribution in [1.29, 1.82) is 0 Å². The highest BCUT2D eigenvalue weighted by molar-refractivity contribution is 9.10. The zero-order valence-corrected chi connectivity index (χ0v) is 14.7. The largest absolute Gasteiger partial charge is 0.472 e. The summed E-state index contributed by atoms with van der Waals surface area (Å²) < 4.78 is 17.1. The maximum atomic E-state index is 12.6. The number of hydrogen-bond donors (Lipinski definition) is 0. The number of amides is 1. The Bertz CT molecular complexity index is 878. The molecule has 25 heavy (non-hydrogen) atoms. The van der Waals surface area contributed by atoms with Gasteiger partial charge < -0.3 is 18.6 Å². The van der Waals surface area contributed by atoms with Crippen molar-refractivity contribution in [2.24, 2.45) is 0 Å². The molecule has 1 atom stereocenters. The lowest BCUT2D eigenvalue weighted by molar-refractivity contribution is 0.0761. The highest BCUT2D eigenvalue weighted by atomic mass is 79.9. The molecule has 128 valence electrons. The standard InChI is InChI=1S/C17H14BrN3O4/c18-12-3-1-6-19-16(12)24-11-5-7-21(10-11)17(22)13-9-15(25-20-13)14-4-2-8-23-14/h1-4,6,8-9,11H,5,7,10H2. The zero-order chi connectivity index (χ0) is 17.2. The van der Waals surface area contributed by atoms with Crippen LogP contribution in [0.4, 0.5) is 0 Å². The van der Waals surface area contributed by atoms with Crippen LogP contribution in [0.1, 0.15) is 16.9 Å². The van der Waals surface area contributed by atoms with E-state index in [2.05, 4.69) is 26.1 Å². The molecule has 1 saturated heterocycles. The first-order chi connectivity index (χ1) is 12.2. The Morgan fingerprint density at radius 1 is 1.32 bits per heavy atom. The number of hydrogen-bond acceptors (Lipinski definition) is 6. The molecule has 1 aliphatic rings. The van der Waals surface area contributed by atoms with Crippen LogP contribution in [-0.4, -0.2) is 40.1 Å². The van der Waals surface area contributed by atoms with E-state index < -0.39 is 0 Å². The van der Waals surface area contributed by atoms with Gasteiger partial charge in [0.1, 0.15) is 6.10 Å². The number of carbonyl (C=O) groups excluding carboxylic acids is 1. The number of pyridine rings is 1. The van der Waals surface area contributed by atoms with E-state index in [4.69, 9.17) is 13.7 Å². The van der Waals surface area contributed by atoms with Gasteiger partial charge in [0, 0.05) is 25.2 Å². The number of likely N-dealkylation sites (tertiary alicyclic amines) is 1. The molecule has 4 rings (SSSR count). The first-order valence-corrected chi connectivity index (χ1v) is 8.57. The van der Waals surface area contributed by atoms with Crippen molar-refractivity contribution in [2.75, 3.05) is 13.1 Å². The summed E-state index contributed by atoms with van der Waals surface area (Å²) in [6, 6.07) is 8.77. The van der Waals surface area contributed by atoms with Crippen LogP contribution in [-0.2, 0) is 0 Å². The van der Waals surface area contributed by atoms with E-state index in [9.17, 15) is 4.79 Å². The molecule has 1 amide bonds. The van der Waals surface area contributed by atoms with E-state index in [1.807, 2.05) is 12.1 Å². The lowest BCUT2D eigenvalue weighted by atomic mass is 10.3. The predicted molar refractivity (Wildman–Crippen MR) is 91.1 cm³/mol. The van der Waals surface area contributed by atoms with Gasteiger partial charge in [-0.3, -0.25) is 4.79 Å². The maximum absolute atomic E-state index is 12.6. The fourth-order valence-electron chi connectivity index (χ4n) is 2.70. The summed E-state index contributed by atoms with van der Waals surface area (Å²) >= 11 is 3.41. The Morgan fingerprint density at radius 3 is 3.04 bits per heavy atom. The summed E-state index contributed by atoms with van der Waals surface area (Å²) in [5.41, 5.74) is 0.256. The molecule has 8 heteroatoms. The Kier molecular flexibility index (Phi) is 4.27. The number of carbonyl (C=O) groups is 1. The molecule has 0 bridgehead atoms. The third-order valence-corrected chi connectivity index (χ3v) is 4.53. The SMILES string of the molecule is O=C(c1cc(-c2ccco2)on1)N1CCC(Oc2ncccc2Br)C1. The number of rotatable bonds is 4. The molecular formula is C17H14BrN3O4. The summed E-state index contributed by atoms with van der Waals surface area (Å²) in [6.07, 6.45) is 3.84. The monoisotopic (exact) mass is 403 g/mol. The lowest BCUT2D eigenvalue weighted by Crippen LogP contribution is -2.31. The zero-order valence-electron chi connectivity index (χ0n) is 13.1. The highest BCUT2D eigenvalue weighted by Gasteiger charge is 2.30. The molecule has 3 aromatic heterocycles. The van der Waals surface area contributed by atoms with Crippen LogP contribution < -0.4 is 4.74 Å². The van der Waals surface area contributed by atoms with Crippen molar-refractivity contribution in [3.8, 4) is 17.4 Å². The van der Waals surface area contributed by atoms with E-state index in [-0.39, 0.29) is 17.7 Å². The van der Waals surface area contributed by atoms with Crippen LogP contribution in [0.2, 0.25) is 0 Å². The molecule has 0 N–H and O–H groups in total. The fourth-order valence-corrected chi connectivity index (χ4v) is 3.05. The van der Waals surface area contributed by atoms with Gasteiger partial charge in [-0.05, 0) is 40.2 Å². The summed E-state index contributed by atoms with van der Waals surface area (Å²) in [6.45, 7) is 1.07. The van der Waals surface area contributed by atoms with Gasteiger partial charge in [-0.1, -0.05) is 5.16 Å². The summed E-state index contributed by atoms with van der Waals surface area (Å²) in [5.74, 6) is 1.31. The second-order valence-electron chi connectivity index (χ2n) is 5.62. The van der Waals surface area contributed by atoms with E-state index in [0.717, 1.165) is 10.9 Å². The summed E-state index contributed by atoms with van der Waals surface area (Å²) in [4.78, 5) is 18.5. The Labute approximate surface area is 151 Å². The van der Waals surface area contributed by atoms with Gasteiger partial charge in [-0.2, -0.15) is 0 Å². The maximum Gasteiger partial charge on any atom is 0.276 e. The smallest absolute Gasteiger partial charge is 0.276 e. The van der Waals surface area contributed by atoms with Gasteiger partial charge in [0.15, 0.2) is 11.5 Å². The van der Waals surface area contributed by atoms with Crippen LogP contribution in [0.3, 0.4) is 0 Å². The molecule has 7 nitrogen and oxygen atoms in total. The normalized spacial score (nSPS) is 17.0. The Morgan fingerprint density at radius 2 is 2.24 bits per heavy atom. The molecule has 3 aromatic rings. The van der Waals surface area contributed by atoms with Crippen LogP contribution in [0.25, 0.3) is 11.5 Å². The molecule has 1 unspecified atom stereocenters. The summed E-state index contributed by atoms with van der Waals surface area (Å²) in [7, 11) is 0. The minimum atomic E-state index is -0.187. The minimum Gasteiger partial charge on any atom is -0.472 e. The van der Waals surface area contributed by atoms with Gasteiger partial charge in [-0.15, -0.1) is 0 Å². The number of halogens is 1. The third kappa shape index (κ3) is 3.30. The quantitative estimate of drug-likeness (QED) is 0.663. The topological polar surface area (TPSA) is 81.6 Å². The van der Waals surface area contributed by atoms with Gasteiger partial charge in [-0.25, -0.2) is 4.98 Å². The second-order valence-corrected chi connectivity index (χ2v) is 6.48. The average Bonchev–Trinajstić information content (AvgIpc) is 3.37. The first-order valence-electron chi connectivity index (χ1n) is 7.78. The molecular weight excluding hydrogens is 390 g/mol. The van der Waals surface area contributed by atoms with Crippen molar-refractivity contribution >= 4 is 21.8 Å². The van der Waals surface area contributed by atoms with Crippen LogP contribution in [0.15, 0.2) is 56.2 Å². The van der Waals surface area contributed by atoms with Crippen LogP contribution in [0, 0.1) is 0 Å². The highest BCUT2D eigenvalue weighted by Crippen LogP contribution is 2.26. The lowest BCUT2D eigenvalue weighted by Gasteiger charge is -2.16. The number of aromatic nitrogens is 2. The van der Waals surface area contributed by atoms with Crippen molar-refractivity contribution in [3.05, 3.63) is 53.0 Å². The first kappa shape index (κ1) is 15.9. The average molecular weight is 404 g/mol. The van der Waals surface area contributed by atoms with E-state index in [0.29, 0.717) is 30.5 Å². The predicted octanol–water partition coefficient (Wildman–Crippen LogP) is 3.39. The molecule has 0 spiro atoms. The van der Waals surface area contributed by atoms with Crippen LogP contribution >= 0.6 is 15.9 Å². The van der Waals surface area contributed by atoms with Gasteiger partial charge >= 0.3 is 0 Å². The Balaban J connectivity index is 1.41. The van der Waals surface area contributed by atoms with E-state index in [1.165, 1.54) is 6.26 Å². The van der Waals surface area contributed by atoms with Gasteiger partial charge in [0.2, 0.25) is 11.6 Å². The fraction of sp³-hybridized carbons (Fsp3) is 0.235.